The van der Waals surface area contributed by atoms with Crippen molar-refractivity contribution >= 4 is 24.8 Å². The van der Waals surface area contributed by atoms with E-state index >= 15 is 0 Å². The molecule has 8 aromatic carbocycles. The Morgan fingerprint density at radius 2 is 1.03 bits per heavy atom. The van der Waals surface area contributed by atoms with Crippen LogP contribution in [0.3, 0.4) is 0 Å². The summed E-state index contributed by atoms with van der Waals surface area (Å²) in [6.07, 6.45) is 13.1. The molecule has 0 fully saturated rings. The van der Waals surface area contributed by atoms with Gasteiger partial charge in [0.15, 0.2) is 0 Å². The van der Waals surface area contributed by atoms with Gasteiger partial charge in [0.1, 0.15) is 0 Å². The van der Waals surface area contributed by atoms with Gasteiger partial charge in [-0.05, 0) is 39.5 Å². The second kappa shape index (κ2) is 21.4. The average Bonchev–Trinajstić information content (AvgIpc) is 3.98. The van der Waals surface area contributed by atoms with Crippen LogP contribution in [0.15, 0.2) is 182 Å². The first-order valence-electron chi connectivity index (χ1n) is 22.0. The Morgan fingerprint density at radius 3 is 1.53 bits per heavy atom. The summed E-state index contributed by atoms with van der Waals surface area (Å²) < 4.78 is 1.59. The molecule has 10 rings (SSSR count). The molecule has 0 unspecified atom stereocenters. The third kappa shape index (κ3) is 11.3. The molecule has 0 saturated heterocycles. The van der Waals surface area contributed by atoms with Gasteiger partial charge in [-0.25, -0.2) is 12.2 Å². The van der Waals surface area contributed by atoms with Crippen LogP contribution in [0.4, 0.5) is 0 Å². The Bertz CT molecular complexity index is 2720. The van der Waals surface area contributed by atoms with Gasteiger partial charge in [0, 0.05) is 0 Å². The molecule has 2 aliphatic rings. The molecular weight excluding hydrogens is 895 g/mol. The van der Waals surface area contributed by atoms with E-state index < -0.39 is 0 Å². The average molecular weight is 951 g/mol. The molecule has 0 aliphatic heterocycles. The summed E-state index contributed by atoms with van der Waals surface area (Å²) in [6, 6.07) is 63.5. The van der Waals surface area contributed by atoms with Crippen LogP contribution in [0.1, 0.15) is 81.3 Å². The monoisotopic (exact) mass is 948 g/mol. The Kier molecular flexibility index (Phi) is 16.2. The molecule has 2 aliphatic carbocycles. The number of hydrogen-bond acceptors (Lipinski definition) is 0. The van der Waals surface area contributed by atoms with Gasteiger partial charge in [-0.15, -0.1) is 35.2 Å². The van der Waals surface area contributed by atoms with Crippen LogP contribution in [0.2, 0.25) is 0 Å². The summed E-state index contributed by atoms with van der Waals surface area (Å²) >= 11 is 1.53. The van der Waals surface area contributed by atoms with Crippen LogP contribution in [-0.4, -0.2) is 3.21 Å². The van der Waals surface area contributed by atoms with Gasteiger partial charge < -0.3 is 24.8 Å². The maximum atomic E-state index is 3.88. The molecular formula is C61H56Cl2Zr-2. The van der Waals surface area contributed by atoms with E-state index in [0.717, 1.165) is 25.7 Å². The summed E-state index contributed by atoms with van der Waals surface area (Å²) in [6.45, 7) is 13.9. The molecule has 0 atom stereocenters. The number of benzene rings is 8. The maximum absolute atomic E-state index is 3.88. The number of hydrogen-bond donors (Lipinski definition) is 0. The zero-order valence-corrected chi connectivity index (χ0v) is 41.9. The van der Waals surface area contributed by atoms with E-state index in [4.69, 9.17) is 0 Å². The van der Waals surface area contributed by atoms with Gasteiger partial charge in [-0.2, -0.15) is 6.08 Å². The van der Waals surface area contributed by atoms with Crippen LogP contribution in [-0.2, 0) is 54.3 Å². The van der Waals surface area contributed by atoms with Crippen molar-refractivity contribution in [2.24, 2.45) is 0 Å². The van der Waals surface area contributed by atoms with E-state index in [9.17, 15) is 0 Å². The van der Waals surface area contributed by atoms with Crippen LogP contribution < -0.4 is 24.8 Å². The predicted octanol–water partition coefficient (Wildman–Crippen LogP) is 9.80. The fourth-order valence-corrected chi connectivity index (χ4v) is 9.79. The molecule has 8 aromatic rings. The molecule has 0 spiro atoms. The van der Waals surface area contributed by atoms with Gasteiger partial charge >= 0.3 is 158 Å². The molecule has 3 heteroatoms. The van der Waals surface area contributed by atoms with Crippen molar-refractivity contribution in [2.45, 2.75) is 78.1 Å². The fourth-order valence-electron chi connectivity index (χ4n) is 8.86. The molecule has 0 heterocycles. The predicted molar refractivity (Wildman–Crippen MR) is 264 cm³/mol. The van der Waals surface area contributed by atoms with Crippen LogP contribution >= 0.6 is 0 Å². The number of rotatable bonds is 6. The zero-order chi connectivity index (χ0) is 43.3. The van der Waals surface area contributed by atoms with Crippen molar-refractivity contribution in [3.63, 3.8) is 0 Å². The number of halogens is 2. The third-order valence-corrected chi connectivity index (χ3v) is 12.8. The normalized spacial score (nSPS) is 12.2. The molecule has 0 radical (unpaired) electrons. The van der Waals surface area contributed by atoms with E-state index in [0.29, 0.717) is 0 Å². The Labute approximate surface area is 409 Å². The molecule has 0 aromatic heterocycles. The molecule has 320 valence electrons. The van der Waals surface area contributed by atoms with Crippen LogP contribution in [0, 0.1) is 12.1 Å². The Morgan fingerprint density at radius 1 is 0.531 bits per heavy atom. The van der Waals surface area contributed by atoms with E-state index in [1.54, 1.807) is 3.21 Å². The molecule has 0 saturated carbocycles. The summed E-state index contributed by atoms with van der Waals surface area (Å²) in [5, 5.41) is 5.45. The molecule has 0 nitrogen and oxygen atoms in total. The minimum absolute atomic E-state index is 0. The summed E-state index contributed by atoms with van der Waals surface area (Å²) in [5.74, 6) is 0. The van der Waals surface area contributed by atoms with Crippen molar-refractivity contribution in [1.29, 1.82) is 0 Å². The van der Waals surface area contributed by atoms with Crippen molar-refractivity contribution in [3.05, 3.63) is 228 Å². The van der Waals surface area contributed by atoms with Crippen LogP contribution in [0.25, 0.3) is 54.9 Å². The topological polar surface area (TPSA) is 0 Å². The van der Waals surface area contributed by atoms with E-state index in [1.165, 1.54) is 113 Å². The summed E-state index contributed by atoms with van der Waals surface area (Å²) in [5.41, 5.74) is 16.4. The van der Waals surface area contributed by atoms with Gasteiger partial charge in [0.25, 0.3) is 0 Å². The number of allylic oxidation sites excluding steroid dienone is 4. The van der Waals surface area contributed by atoms with Gasteiger partial charge in [0.2, 0.25) is 0 Å². The molecule has 0 N–H and O–H groups in total. The third-order valence-electron chi connectivity index (χ3n) is 12.0. The minimum atomic E-state index is 0. The van der Waals surface area contributed by atoms with E-state index in [-0.39, 0.29) is 35.6 Å². The first-order chi connectivity index (χ1) is 29.9. The van der Waals surface area contributed by atoms with E-state index in [2.05, 4.69) is 224 Å². The standard InChI is InChI=1S/C33H33.C23H18.C5H5.2ClH.Zr/c1-32(2,3)30-20-26-24(18-28(30)22-13-9-7-10-14-22)17-25-19-29(23-15-11-8-12-16-23)31(21-27(25)26)33(4,5)6;1-3-16-22-18(8-1)10-5-12-20(22)14-7-15-21-13-6-11-19-9-2-4-17-23(19)21;1-2-4-5-3-1;;;/h7-16,18,20-21H,17H2,1-6H3;1-6,8-13,16-17H,14-15H2;1-3H,4H2;2*1H;/q-1;;-1;;;+2/p-2. The Hall–Kier alpha value is -4.91. The van der Waals surface area contributed by atoms with Gasteiger partial charge in [-0.3, -0.25) is 6.08 Å². The van der Waals surface area contributed by atoms with Crippen molar-refractivity contribution < 1.29 is 49.0 Å². The summed E-state index contributed by atoms with van der Waals surface area (Å²) in [4.78, 5) is 0. The van der Waals surface area contributed by atoms with Crippen molar-refractivity contribution in [3.8, 4) is 33.4 Å². The van der Waals surface area contributed by atoms with Crippen molar-refractivity contribution in [2.75, 3.05) is 0 Å². The van der Waals surface area contributed by atoms with E-state index in [1.807, 2.05) is 12.2 Å². The van der Waals surface area contributed by atoms with Crippen molar-refractivity contribution in [1.82, 2.24) is 0 Å². The fraction of sp³-hybridized carbons (Fsp3) is 0.197. The second-order valence-electron chi connectivity index (χ2n) is 18.7. The van der Waals surface area contributed by atoms with Crippen LogP contribution in [0.5, 0.6) is 0 Å². The number of fused-ring (bicyclic) bond motifs is 5. The second-order valence-corrected chi connectivity index (χ2v) is 20.4. The van der Waals surface area contributed by atoms with Gasteiger partial charge in [-0.1, -0.05) is 131 Å². The molecule has 0 amide bonds. The molecule has 0 bridgehead atoms. The zero-order valence-electron chi connectivity index (χ0n) is 37.9. The SMILES string of the molecule is CC(C)(C)c1cc2c([c-]c1-c1ccccc1)Cc1cc(-c3ccccc3)c(C(C)(C)C)cc1-2.[C-]1=CC=CC1.[Cl-].[Cl-].[Zr+2]=[C](Cc1cccc2ccccc12)Cc1cccc2ccccc12. The van der Waals surface area contributed by atoms with Gasteiger partial charge in [0.05, 0.1) is 0 Å². The first-order valence-corrected chi connectivity index (χ1v) is 23.3. The first kappa shape index (κ1) is 48.5. The quantitative estimate of drug-likeness (QED) is 0.146. The molecule has 64 heavy (non-hydrogen) atoms. The summed E-state index contributed by atoms with van der Waals surface area (Å²) in [7, 11) is 0. The Balaban J connectivity index is 0.000000193.